The van der Waals surface area contributed by atoms with E-state index >= 15 is 0 Å². The molecule has 125 heavy (non-hydrogen) atoms. The number of pyridine rings is 4. The van der Waals surface area contributed by atoms with Crippen LogP contribution in [0.2, 0.25) is 15.1 Å². The molecule has 12 aromatic heterocycles. The molecular formula is C90H81Cl3N24O4S4. The summed E-state index contributed by atoms with van der Waals surface area (Å²) >= 11 is 27.0. The summed E-state index contributed by atoms with van der Waals surface area (Å²) in [5.41, 5.74) is 10.7. The number of piperazine rings is 1. The molecule has 28 nitrogen and oxygen atoms in total. The minimum Gasteiger partial charge on any atom is -0.492 e. The highest BCUT2D eigenvalue weighted by Crippen LogP contribution is 2.45. The Kier molecular flexibility index (Phi) is 24.0. The van der Waals surface area contributed by atoms with E-state index in [9.17, 15) is 0 Å². The maximum atomic E-state index is 6.77. The Morgan fingerprint density at radius 2 is 0.800 bits per heavy atom. The van der Waals surface area contributed by atoms with Crippen molar-refractivity contribution in [2.24, 2.45) is 0 Å². The topological polar surface area (TPSA) is 316 Å². The molecule has 7 aromatic carbocycles. The molecular weight excluding hydrogens is 1720 g/mol. The third-order valence-corrected chi connectivity index (χ3v) is 27.1. The van der Waals surface area contributed by atoms with E-state index in [-0.39, 0.29) is 0 Å². The number of nitrogens with one attached hydrogen (secondary N) is 8. The Morgan fingerprint density at radius 1 is 0.408 bits per heavy atom. The van der Waals surface area contributed by atoms with E-state index in [4.69, 9.17) is 73.7 Å². The molecule has 0 spiro atoms. The van der Waals surface area contributed by atoms with Crippen molar-refractivity contribution < 1.29 is 18.9 Å². The molecule has 15 heterocycles. The van der Waals surface area contributed by atoms with Gasteiger partial charge in [0.25, 0.3) is 0 Å². The summed E-state index contributed by atoms with van der Waals surface area (Å²) in [6.07, 6.45) is 8.51. The first-order valence-electron chi connectivity index (χ1n) is 41.0. The molecule has 4 aliphatic rings. The first-order valence-corrected chi connectivity index (χ1v) is 45.6. The lowest BCUT2D eigenvalue weighted by molar-refractivity contribution is 0.0322. The number of benzene rings is 7. The molecule has 0 unspecified atom stereocenters. The number of ether oxygens (including phenoxy) is 4. The number of rotatable bonds is 21. The van der Waals surface area contributed by atoms with Crippen LogP contribution in [0.5, 0.6) is 11.5 Å². The van der Waals surface area contributed by atoms with Crippen LogP contribution in [-0.2, 0) is 9.47 Å². The second-order valence-electron chi connectivity index (χ2n) is 30.3. The Labute approximate surface area is 746 Å². The number of hydrogen-bond donors (Lipinski definition) is 8. The Bertz CT molecular complexity index is 7000. The average molecular weight is 1800 g/mol. The number of halogens is 3. The molecule has 1 saturated carbocycles. The van der Waals surface area contributed by atoms with E-state index in [0.717, 1.165) is 236 Å². The second-order valence-corrected chi connectivity index (χ2v) is 35.1. The number of morpholine rings is 2. The summed E-state index contributed by atoms with van der Waals surface area (Å²) in [7, 11) is 2.16. The monoisotopic (exact) mass is 1790 g/mol. The van der Waals surface area contributed by atoms with Crippen LogP contribution in [-0.4, -0.2) is 214 Å². The first kappa shape index (κ1) is 81.2. The molecule has 23 rings (SSSR count). The van der Waals surface area contributed by atoms with Gasteiger partial charge in [-0.1, -0.05) is 89.4 Å². The van der Waals surface area contributed by atoms with E-state index in [1.165, 1.54) is 58.3 Å². The second kappa shape index (κ2) is 37.0. The average Bonchev–Trinajstić information content (AvgIpc) is 1.61. The SMILES string of the molecule is CN1CCN(c2ccc(Nc3nc4c(-c5ncn[nH]5)cccc4c4sccc34)c(Cl)c2)CC1.Clc1c(Nc2nc3c(-c4ncn[nH]4)cccc3c3sccc23)cccc1OCCN1CCOCC1.Clc1cc(OCCN2CCOCC2)ccc1Nc1nc2c(-c3ncn[nH]3)cccc2c2sccc12.c1cc(-c2ncn[nH]2)c2nc(NC3CC3)c3ccsc3c2c1. The van der Waals surface area contributed by atoms with Crippen molar-refractivity contribution >= 4 is 210 Å². The number of para-hydroxylation sites is 4. The fraction of sp³-hybridized carbons (Fsp3) is 0.222. The lowest BCUT2D eigenvalue weighted by Crippen LogP contribution is -2.44. The molecule has 0 bridgehead atoms. The summed E-state index contributed by atoms with van der Waals surface area (Å²) in [6, 6.07) is 51.2. The van der Waals surface area contributed by atoms with Gasteiger partial charge in [-0.15, -0.1) is 45.3 Å². The Balaban J connectivity index is 0.000000107. The molecule has 0 radical (unpaired) electrons. The molecule has 4 fully saturated rings. The summed E-state index contributed by atoms with van der Waals surface area (Å²) in [5.74, 6) is 7.44. The number of aromatic amines is 4. The zero-order valence-electron chi connectivity index (χ0n) is 67.4. The van der Waals surface area contributed by atoms with Crippen LogP contribution < -0.4 is 35.6 Å². The normalized spacial score (nSPS) is 14.7. The largest absolute Gasteiger partial charge is 0.492 e. The maximum Gasteiger partial charge on any atom is 0.157 e. The van der Waals surface area contributed by atoms with Gasteiger partial charge in [0.05, 0.1) is 75.6 Å². The summed E-state index contributed by atoms with van der Waals surface area (Å²) in [4.78, 5) is 46.6. The van der Waals surface area contributed by atoms with E-state index in [2.05, 4.69) is 191 Å². The zero-order valence-corrected chi connectivity index (χ0v) is 72.9. The quantitative estimate of drug-likeness (QED) is 0.0331. The molecule has 19 aromatic rings. The van der Waals surface area contributed by atoms with Crippen LogP contribution in [0.1, 0.15) is 12.8 Å². The molecule has 35 heteroatoms. The minimum absolute atomic E-state index is 0.531. The third kappa shape index (κ3) is 17.6. The smallest absolute Gasteiger partial charge is 0.157 e. The number of H-pyrrole nitrogens is 4. The van der Waals surface area contributed by atoms with E-state index in [0.29, 0.717) is 57.5 Å². The van der Waals surface area contributed by atoms with Gasteiger partial charge in [-0.05, 0) is 132 Å². The predicted molar refractivity (Wildman–Crippen MR) is 506 cm³/mol. The summed E-state index contributed by atoms with van der Waals surface area (Å²) in [6.45, 7) is 13.9. The minimum atomic E-state index is 0.531. The number of anilines is 8. The lowest BCUT2D eigenvalue weighted by atomic mass is 10.1. The first-order chi connectivity index (χ1) is 61.6. The fourth-order valence-electron chi connectivity index (χ4n) is 15.7. The van der Waals surface area contributed by atoms with Gasteiger partial charge in [0.1, 0.15) is 78.3 Å². The van der Waals surface area contributed by atoms with Crippen LogP contribution in [0.4, 0.5) is 46.0 Å². The van der Waals surface area contributed by atoms with Gasteiger partial charge in [-0.2, -0.15) is 20.4 Å². The van der Waals surface area contributed by atoms with Crippen LogP contribution in [0.25, 0.3) is 130 Å². The van der Waals surface area contributed by atoms with Crippen molar-refractivity contribution in [2.75, 3.05) is 138 Å². The number of hydrogen-bond acceptors (Lipinski definition) is 28. The van der Waals surface area contributed by atoms with Gasteiger partial charge in [0.2, 0.25) is 0 Å². The predicted octanol–water partition coefficient (Wildman–Crippen LogP) is 19.9. The van der Waals surface area contributed by atoms with E-state index in [1.807, 2.05) is 91.0 Å². The summed E-state index contributed by atoms with van der Waals surface area (Å²) in [5, 5.41) is 60.6. The van der Waals surface area contributed by atoms with Crippen LogP contribution in [0, 0.1) is 0 Å². The van der Waals surface area contributed by atoms with Crippen molar-refractivity contribution in [1.29, 1.82) is 0 Å². The van der Waals surface area contributed by atoms with Crippen molar-refractivity contribution in [2.45, 2.75) is 18.9 Å². The van der Waals surface area contributed by atoms with Crippen molar-refractivity contribution in [3.63, 3.8) is 0 Å². The van der Waals surface area contributed by atoms with Crippen LogP contribution >= 0.6 is 80.1 Å². The lowest BCUT2D eigenvalue weighted by Gasteiger charge is -2.34. The number of likely N-dealkylation sites (N-methyl/N-ethyl adjacent to an activating group) is 1. The van der Waals surface area contributed by atoms with E-state index in [1.54, 1.807) is 45.3 Å². The summed E-state index contributed by atoms with van der Waals surface area (Å²) < 4.78 is 27.5. The zero-order chi connectivity index (χ0) is 84.1. The highest BCUT2D eigenvalue weighted by Gasteiger charge is 2.27. The molecule has 630 valence electrons. The maximum absolute atomic E-state index is 6.77. The Hall–Kier alpha value is -12.2. The van der Waals surface area contributed by atoms with Crippen molar-refractivity contribution in [1.82, 2.24) is 95.4 Å². The number of aromatic nitrogens is 16. The number of thiophene rings is 4. The van der Waals surface area contributed by atoms with Crippen molar-refractivity contribution in [3.8, 4) is 57.1 Å². The molecule has 0 amide bonds. The van der Waals surface area contributed by atoms with Gasteiger partial charge in [-0.25, -0.2) is 39.9 Å². The van der Waals surface area contributed by atoms with Crippen LogP contribution in [0.15, 0.2) is 198 Å². The molecule has 8 N–H and O–H groups in total. The van der Waals surface area contributed by atoms with Gasteiger partial charge < -0.3 is 50.0 Å². The van der Waals surface area contributed by atoms with Crippen molar-refractivity contribution in [3.05, 3.63) is 214 Å². The molecule has 0 atom stereocenters. The van der Waals surface area contributed by atoms with E-state index < -0.39 is 0 Å². The highest BCUT2D eigenvalue weighted by molar-refractivity contribution is 7.19. The van der Waals surface area contributed by atoms with Gasteiger partial charge in [-0.3, -0.25) is 30.2 Å². The Morgan fingerprint density at radius 3 is 1.21 bits per heavy atom. The number of fused-ring (bicyclic) bond motifs is 12. The molecule has 3 saturated heterocycles. The van der Waals surface area contributed by atoms with Gasteiger partial charge in [0, 0.05) is 167 Å². The molecule has 3 aliphatic heterocycles. The third-order valence-electron chi connectivity index (χ3n) is 22.3. The van der Waals surface area contributed by atoms with Crippen LogP contribution in [0.3, 0.4) is 0 Å². The number of nitrogens with zero attached hydrogens (tertiary/aromatic N) is 16. The highest BCUT2D eigenvalue weighted by atomic mass is 35.5. The van der Waals surface area contributed by atoms with Gasteiger partial charge >= 0.3 is 0 Å². The van der Waals surface area contributed by atoms with Gasteiger partial charge in [0.15, 0.2) is 23.3 Å². The molecule has 1 aliphatic carbocycles. The fourth-order valence-corrected chi connectivity index (χ4v) is 20.1. The standard InChI is InChI=1S/2C25H23ClN6O2S.C24H22ClN7S.C16H13N5S/c26-21-19(5-2-6-20(21)34-13-10-32-8-11-33-12-9-32)29-25-18-7-14-35-23(18)16-3-1-4-17(22(16)30-25)24-27-15-28-31-24;26-20-14-16(34-12-9-32-7-10-33-11-8-32)4-5-21(20)29-25-19-6-13-35-23(19)17-2-1-3-18(22(17)30-25)24-27-15-28-31-24;1-31-8-10-32(11-9-31)15-5-6-20(19(25)13-15)28-24-18-7-12-33-22(18)16-3-2-4-17(21(16)29-24)23-26-14-27-30-23;1-2-10-13(11(3-1)15-17-8-18-21-15)20-16(19-9-4-5-9)12-6-7-22-14(10)12/h1-7,14-15H,8-13H2,(H,29,30)(H,27,28,31);1-6,13-15H,7-12H2,(H,29,30)(H,27,28,31);2-7,12-14H,8-11H2,1H3,(H,28,29)(H,26,27,30);1-3,6-9H,4-5H2,(H,19,20)(H,17,18,21).